The number of rotatable bonds is 4. The molecule has 8 heteroatoms. The molecule has 1 saturated heterocycles. The van der Waals surface area contributed by atoms with Crippen molar-refractivity contribution in [2.24, 2.45) is 0 Å². The minimum atomic E-state index is -3.69. The maximum absolute atomic E-state index is 12.6. The fourth-order valence-corrected chi connectivity index (χ4v) is 4.71. The molecule has 7 nitrogen and oxygen atoms in total. The first-order valence-electron chi connectivity index (χ1n) is 7.22. The lowest BCUT2D eigenvalue weighted by Gasteiger charge is -2.28. The third kappa shape index (κ3) is 3.63. The first kappa shape index (κ1) is 16.9. The summed E-state index contributed by atoms with van der Waals surface area (Å²) in [6, 6.07) is 2.75. The van der Waals surface area contributed by atoms with Crippen LogP contribution in [-0.2, 0) is 10.0 Å². The summed E-state index contributed by atoms with van der Waals surface area (Å²) in [5, 5.41) is 14.1. The molecule has 2 N–H and O–H groups in total. The van der Waals surface area contributed by atoms with Crippen LogP contribution < -0.4 is 10.0 Å². The smallest absolute Gasteiger partial charge is 0.270 e. The highest BCUT2D eigenvalue weighted by atomic mass is 32.2. The molecule has 122 valence electrons. The molecule has 2 unspecified atom stereocenters. The van der Waals surface area contributed by atoms with Crippen LogP contribution in [0.1, 0.15) is 30.9 Å². The number of nitro benzene ring substituents is 1. The maximum Gasteiger partial charge on any atom is 0.270 e. The Kier molecular flexibility index (Phi) is 4.84. The van der Waals surface area contributed by atoms with Crippen molar-refractivity contribution >= 4 is 15.7 Å². The third-order valence-electron chi connectivity index (χ3n) is 3.87. The van der Waals surface area contributed by atoms with Crippen LogP contribution in [0.25, 0.3) is 0 Å². The summed E-state index contributed by atoms with van der Waals surface area (Å²) in [6.07, 6.45) is 1.46. The first-order valence-corrected chi connectivity index (χ1v) is 8.70. The monoisotopic (exact) mass is 327 g/mol. The zero-order valence-corrected chi connectivity index (χ0v) is 13.7. The Morgan fingerprint density at radius 1 is 1.32 bits per heavy atom. The summed E-state index contributed by atoms with van der Waals surface area (Å²) >= 11 is 0. The molecule has 1 aliphatic rings. The van der Waals surface area contributed by atoms with Crippen molar-refractivity contribution in [1.82, 2.24) is 10.0 Å². The number of hydrogen-bond donors (Lipinski definition) is 2. The van der Waals surface area contributed by atoms with E-state index in [4.69, 9.17) is 0 Å². The van der Waals surface area contributed by atoms with E-state index in [9.17, 15) is 18.5 Å². The van der Waals surface area contributed by atoms with Gasteiger partial charge >= 0.3 is 0 Å². The maximum atomic E-state index is 12.6. The fourth-order valence-electron chi connectivity index (χ4n) is 2.97. The molecule has 0 spiro atoms. The number of benzene rings is 1. The van der Waals surface area contributed by atoms with E-state index in [-0.39, 0.29) is 22.7 Å². The molecule has 1 aromatic rings. The van der Waals surface area contributed by atoms with Gasteiger partial charge in [0.25, 0.3) is 5.69 Å². The molecule has 1 fully saturated rings. The zero-order valence-electron chi connectivity index (χ0n) is 12.9. The topological polar surface area (TPSA) is 101 Å². The molecule has 0 bridgehead atoms. The minimum absolute atomic E-state index is 0.0931. The first-order chi connectivity index (χ1) is 10.2. The average molecular weight is 327 g/mol. The lowest BCUT2D eigenvalue weighted by atomic mass is 10.0. The number of hydrogen-bond acceptors (Lipinski definition) is 5. The number of nitro groups is 1. The predicted octanol–water partition coefficient (Wildman–Crippen LogP) is 1.63. The predicted molar refractivity (Wildman–Crippen MR) is 83.4 cm³/mol. The number of non-ortho nitro benzene ring substituents is 1. The van der Waals surface area contributed by atoms with E-state index in [1.54, 1.807) is 13.8 Å². The van der Waals surface area contributed by atoms with Crippen molar-refractivity contribution in [2.45, 2.75) is 50.6 Å². The molecule has 0 radical (unpaired) electrons. The number of aryl methyl sites for hydroxylation is 2. The summed E-state index contributed by atoms with van der Waals surface area (Å²) in [4.78, 5) is 10.5. The van der Waals surface area contributed by atoms with Crippen LogP contribution in [0.15, 0.2) is 17.0 Å². The Labute approximate surface area is 130 Å². The number of sulfonamides is 1. The van der Waals surface area contributed by atoms with Crippen LogP contribution in [0.5, 0.6) is 0 Å². The van der Waals surface area contributed by atoms with E-state index in [1.807, 2.05) is 6.92 Å². The Balaban J connectivity index is 2.31. The molecule has 0 aromatic heterocycles. The summed E-state index contributed by atoms with van der Waals surface area (Å²) < 4.78 is 28.0. The van der Waals surface area contributed by atoms with Gasteiger partial charge in [0, 0.05) is 24.2 Å². The third-order valence-corrected chi connectivity index (χ3v) is 5.70. The quantitative estimate of drug-likeness (QED) is 0.646. The fraction of sp³-hybridized carbons (Fsp3) is 0.571. The van der Waals surface area contributed by atoms with E-state index in [1.165, 1.54) is 12.1 Å². The molecule has 2 rings (SSSR count). The van der Waals surface area contributed by atoms with Gasteiger partial charge in [-0.2, -0.15) is 0 Å². The normalized spacial score (nSPS) is 22.5. The molecule has 2 atom stereocenters. The van der Waals surface area contributed by atoms with Crippen molar-refractivity contribution in [3.05, 3.63) is 33.4 Å². The van der Waals surface area contributed by atoms with Gasteiger partial charge in [-0.1, -0.05) is 0 Å². The largest absolute Gasteiger partial charge is 0.314 e. The van der Waals surface area contributed by atoms with Crippen molar-refractivity contribution in [3.63, 3.8) is 0 Å². The second-order valence-corrected chi connectivity index (χ2v) is 7.51. The van der Waals surface area contributed by atoms with Gasteiger partial charge < -0.3 is 5.32 Å². The van der Waals surface area contributed by atoms with Crippen LogP contribution >= 0.6 is 0 Å². The summed E-state index contributed by atoms with van der Waals surface area (Å²) in [7, 11) is -3.69. The molecular weight excluding hydrogens is 306 g/mol. The van der Waals surface area contributed by atoms with Crippen molar-refractivity contribution in [2.75, 3.05) is 6.54 Å². The zero-order chi connectivity index (χ0) is 16.5. The van der Waals surface area contributed by atoms with Crippen LogP contribution in [0.2, 0.25) is 0 Å². The Morgan fingerprint density at radius 3 is 2.41 bits per heavy atom. The highest BCUT2D eigenvalue weighted by Gasteiger charge is 2.27. The van der Waals surface area contributed by atoms with E-state index < -0.39 is 14.9 Å². The average Bonchev–Trinajstić information content (AvgIpc) is 2.36. The molecule has 1 aliphatic heterocycles. The van der Waals surface area contributed by atoms with Gasteiger partial charge in [-0.15, -0.1) is 0 Å². The standard InChI is InChI=1S/C14H21N3O4S/c1-9-6-13(17(18)19)7-10(2)14(9)22(20,21)16-12-4-5-15-11(3)8-12/h6-7,11-12,15-16H,4-5,8H2,1-3H3. The Bertz CT molecular complexity index is 664. The SMILES string of the molecule is Cc1cc([N+](=O)[O-])cc(C)c1S(=O)(=O)NC1CCNC(C)C1. The van der Waals surface area contributed by atoms with Crippen molar-refractivity contribution < 1.29 is 13.3 Å². The lowest BCUT2D eigenvalue weighted by molar-refractivity contribution is -0.385. The number of nitrogens with one attached hydrogen (secondary N) is 2. The van der Waals surface area contributed by atoms with Crippen LogP contribution in [0.4, 0.5) is 5.69 Å². The highest BCUT2D eigenvalue weighted by molar-refractivity contribution is 7.89. The van der Waals surface area contributed by atoms with Gasteiger partial charge in [0.1, 0.15) is 0 Å². The lowest BCUT2D eigenvalue weighted by Crippen LogP contribution is -2.46. The van der Waals surface area contributed by atoms with Gasteiger partial charge in [0.05, 0.1) is 9.82 Å². The molecule has 0 saturated carbocycles. The molecular formula is C14H21N3O4S. The van der Waals surface area contributed by atoms with Gasteiger partial charge in [-0.25, -0.2) is 13.1 Å². The summed E-state index contributed by atoms with van der Waals surface area (Å²) in [5.74, 6) is 0. The Morgan fingerprint density at radius 2 is 1.91 bits per heavy atom. The van der Waals surface area contributed by atoms with Crippen molar-refractivity contribution in [1.29, 1.82) is 0 Å². The second-order valence-electron chi connectivity index (χ2n) is 5.86. The second kappa shape index (κ2) is 6.31. The van der Waals surface area contributed by atoms with E-state index >= 15 is 0 Å². The van der Waals surface area contributed by atoms with Crippen LogP contribution in [0, 0.1) is 24.0 Å². The summed E-state index contributed by atoms with van der Waals surface area (Å²) in [5.41, 5.74) is 0.687. The molecule has 1 aromatic carbocycles. The minimum Gasteiger partial charge on any atom is -0.314 e. The number of nitrogens with zero attached hydrogens (tertiary/aromatic N) is 1. The van der Waals surface area contributed by atoms with Crippen LogP contribution in [-0.4, -0.2) is 32.0 Å². The molecule has 1 heterocycles. The van der Waals surface area contributed by atoms with E-state index in [0.717, 1.165) is 19.4 Å². The van der Waals surface area contributed by atoms with E-state index in [2.05, 4.69) is 10.0 Å². The van der Waals surface area contributed by atoms with Crippen molar-refractivity contribution in [3.8, 4) is 0 Å². The van der Waals surface area contributed by atoms with Crippen LogP contribution in [0.3, 0.4) is 0 Å². The molecule has 22 heavy (non-hydrogen) atoms. The Hall–Kier alpha value is -1.51. The number of piperidine rings is 1. The van der Waals surface area contributed by atoms with Gasteiger partial charge in [0.2, 0.25) is 10.0 Å². The van der Waals surface area contributed by atoms with Gasteiger partial charge in [-0.05, 0) is 51.3 Å². The molecule has 0 amide bonds. The summed E-state index contributed by atoms with van der Waals surface area (Å²) in [6.45, 7) is 5.95. The van der Waals surface area contributed by atoms with E-state index in [0.29, 0.717) is 11.1 Å². The van der Waals surface area contributed by atoms with Gasteiger partial charge in [0.15, 0.2) is 0 Å². The molecule has 0 aliphatic carbocycles. The highest BCUT2D eigenvalue weighted by Crippen LogP contribution is 2.26. The van der Waals surface area contributed by atoms with Gasteiger partial charge in [-0.3, -0.25) is 10.1 Å².